The molecule has 5 nitrogen and oxygen atoms in total. The van der Waals surface area contributed by atoms with Crippen LogP contribution in [0.15, 0.2) is 27.6 Å². The predicted molar refractivity (Wildman–Crippen MR) is 92.4 cm³/mol. The van der Waals surface area contributed by atoms with Crippen LogP contribution in [0.3, 0.4) is 0 Å². The summed E-state index contributed by atoms with van der Waals surface area (Å²) in [5.41, 5.74) is 4.16. The van der Waals surface area contributed by atoms with Crippen molar-refractivity contribution < 1.29 is 12.9 Å². The molecule has 0 spiro atoms. The van der Waals surface area contributed by atoms with E-state index in [1.165, 1.54) is 24.0 Å². The highest BCUT2D eigenvalue weighted by atomic mass is 32.2. The van der Waals surface area contributed by atoms with Gasteiger partial charge in [-0.2, -0.15) is 0 Å². The molecular formula is C18H24N2O3S. The van der Waals surface area contributed by atoms with Crippen LogP contribution in [0, 0.1) is 13.8 Å². The molecule has 0 saturated carbocycles. The lowest BCUT2D eigenvalue weighted by Gasteiger charge is -2.21. The Morgan fingerprint density at radius 1 is 1.21 bits per heavy atom. The minimum Gasteiger partial charge on any atom is -0.360 e. The van der Waals surface area contributed by atoms with Crippen molar-refractivity contribution in [2.45, 2.75) is 63.8 Å². The largest absolute Gasteiger partial charge is 0.360 e. The summed E-state index contributed by atoms with van der Waals surface area (Å²) in [4.78, 5) is 0.152. The zero-order valence-electron chi connectivity index (χ0n) is 14.4. The summed E-state index contributed by atoms with van der Waals surface area (Å²) in [6, 6.07) is 6.11. The highest BCUT2D eigenvalue weighted by Gasteiger charge is 2.27. The maximum absolute atomic E-state index is 12.8. The molecule has 1 aromatic carbocycles. The molecule has 2 aromatic rings. The molecule has 1 atom stereocenters. The first-order valence-electron chi connectivity index (χ1n) is 8.49. The monoisotopic (exact) mass is 348 g/mol. The van der Waals surface area contributed by atoms with Gasteiger partial charge in [-0.3, -0.25) is 0 Å². The third-order valence-electron chi connectivity index (χ3n) is 4.72. The molecule has 24 heavy (non-hydrogen) atoms. The Kier molecular flexibility index (Phi) is 4.78. The number of fused-ring (bicyclic) bond motifs is 1. The second-order valence-electron chi connectivity index (χ2n) is 6.47. The molecule has 6 heteroatoms. The van der Waals surface area contributed by atoms with E-state index in [9.17, 15) is 8.42 Å². The number of hydrogen-bond acceptors (Lipinski definition) is 4. The van der Waals surface area contributed by atoms with Crippen molar-refractivity contribution in [2.75, 3.05) is 0 Å². The molecule has 0 saturated heterocycles. The van der Waals surface area contributed by atoms with Gasteiger partial charge in [0.2, 0.25) is 10.0 Å². The first kappa shape index (κ1) is 17.2. The zero-order chi connectivity index (χ0) is 17.3. The number of sulfonamides is 1. The second kappa shape index (κ2) is 6.69. The molecule has 0 unspecified atom stereocenters. The summed E-state index contributed by atoms with van der Waals surface area (Å²) >= 11 is 0. The van der Waals surface area contributed by atoms with Gasteiger partial charge in [0.1, 0.15) is 10.6 Å². The Bertz CT molecular complexity index is 820. The molecule has 0 radical (unpaired) electrons. The van der Waals surface area contributed by atoms with Crippen molar-refractivity contribution in [2.24, 2.45) is 0 Å². The van der Waals surface area contributed by atoms with E-state index in [2.05, 4.69) is 22.0 Å². The third kappa shape index (κ3) is 3.26. The summed E-state index contributed by atoms with van der Waals surface area (Å²) in [5, 5.41) is 3.75. The van der Waals surface area contributed by atoms with E-state index in [1.807, 2.05) is 13.0 Å². The van der Waals surface area contributed by atoms with Gasteiger partial charge < -0.3 is 4.52 Å². The van der Waals surface area contributed by atoms with Gasteiger partial charge in [-0.15, -0.1) is 0 Å². The van der Waals surface area contributed by atoms with Crippen LogP contribution in [-0.4, -0.2) is 13.6 Å². The van der Waals surface area contributed by atoms with E-state index in [0.29, 0.717) is 17.9 Å². The molecule has 0 fully saturated rings. The van der Waals surface area contributed by atoms with Gasteiger partial charge in [-0.25, -0.2) is 13.1 Å². The summed E-state index contributed by atoms with van der Waals surface area (Å²) in [6.45, 7) is 5.25. The van der Waals surface area contributed by atoms with Crippen LogP contribution in [-0.2, 0) is 22.9 Å². The molecule has 1 N–H and O–H groups in total. The minimum atomic E-state index is -3.67. The van der Waals surface area contributed by atoms with E-state index in [0.717, 1.165) is 18.4 Å². The van der Waals surface area contributed by atoms with E-state index in [-0.39, 0.29) is 10.9 Å². The van der Waals surface area contributed by atoms with Crippen LogP contribution >= 0.6 is 0 Å². The average Bonchev–Trinajstić information content (AvgIpc) is 2.91. The van der Waals surface area contributed by atoms with E-state index >= 15 is 0 Å². The first-order valence-corrected chi connectivity index (χ1v) is 9.97. The van der Waals surface area contributed by atoms with Crippen molar-refractivity contribution in [3.63, 3.8) is 0 Å². The molecule has 1 aromatic heterocycles. The number of benzene rings is 1. The van der Waals surface area contributed by atoms with Gasteiger partial charge in [0, 0.05) is 6.04 Å². The van der Waals surface area contributed by atoms with Crippen LogP contribution in [0.2, 0.25) is 0 Å². The number of aromatic nitrogens is 1. The average molecular weight is 348 g/mol. The molecule has 0 amide bonds. The topological polar surface area (TPSA) is 72.2 Å². The number of hydrogen-bond donors (Lipinski definition) is 1. The van der Waals surface area contributed by atoms with Gasteiger partial charge in [-0.05, 0) is 62.6 Å². The summed E-state index contributed by atoms with van der Waals surface area (Å²) in [5.74, 6) is 0.320. The Balaban J connectivity index is 1.90. The van der Waals surface area contributed by atoms with Gasteiger partial charge >= 0.3 is 0 Å². The quantitative estimate of drug-likeness (QED) is 0.896. The van der Waals surface area contributed by atoms with Crippen molar-refractivity contribution in [1.82, 2.24) is 9.88 Å². The normalized spacial score (nSPS) is 16.0. The standard InChI is InChI=1S/C18H24N2O3S/c1-4-17(16-10-9-14-7-5-6-8-15(14)11-16)20-24(21,22)18-12(2)19-23-13(18)3/h9-11,17,20H,4-8H2,1-3H3/t17-/m1/s1. The third-order valence-corrected chi connectivity index (χ3v) is 6.43. The van der Waals surface area contributed by atoms with E-state index in [1.54, 1.807) is 13.8 Å². The van der Waals surface area contributed by atoms with Gasteiger partial charge in [0.15, 0.2) is 5.76 Å². The molecule has 0 bridgehead atoms. The lowest BCUT2D eigenvalue weighted by atomic mass is 9.89. The Hall–Kier alpha value is -1.66. The predicted octanol–water partition coefficient (Wildman–Crippen LogP) is 3.60. The fourth-order valence-electron chi connectivity index (χ4n) is 3.46. The summed E-state index contributed by atoms with van der Waals surface area (Å²) in [7, 11) is -3.67. The fraction of sp³-hybridized carbons (Fsp3) is 0.500. The smallest absolute Gasteiger partial charge is 0.246 e. The second-order valence-corrected chi connectivity index (χ2v) is 8.12. The Labute approximate surface area is 143 Å². The Morgan fingerprint density at radius 2 is 1.92 bits per heavy atom. The van der Waals surface area contributed by atoms with Crippen LogP contribution in [0.25, 0.3) is 0 Å². The van der Waals surface area contributed by atoms with Gasteiger partial charge in [-0.1, -0.05) is 30.3 Å². The van der Waals surface area contributed by atoms with Gasteiger partial charge in [0.05, 0.1) is 0 Å². The molecule has 3 rings (SSSR count). The minimum absolute atomic E-state index is 0.152. The number of rotatable bonds is 5. The lowest BCUT2D eigenvalue weighted by molar-refractivity contribution is 0.390. The van der Waals surface area contributed by atoms with Crippen LogP contribution in [0.4, 0.5) is 0 Å². The van der Waals surface area contributed by atoms with E-state index < -0.39 is 10.0 Å². The summed E-state index contributed by atoms with van der Waals surface area (Å²) in [6.07, 6.45) is 5.33. The number of nitrogens with zero attached hydrogens (tertiary/aromatic N) is 1. The molecular weight excluding hydrogens is 324 g/mol. The van der Waals surface area contributed by atoms with Crippen molar-refractivity contribution in [3.05, 3.63) is 46.3 Å². The number of nitrogens with one attached hydrogen (secondary N) is 1. The SMILES string of the molecule is CC[C@@H](NS(=O)(=O)c1c(C)noc1C)c1ccc2c(c1)CCCC2. The molecule has 130 valence electrons. The Morgan fingerprint density at radius 3 is 2.54 bits per heavy atom. The molecule has 1 heterocycles. The van der Waals surface area contributed by atoms with E-state index in [4.69, 9.17) is 4.52 Å². The van der Waals surface area contributed by atoms with Crippen molar-refractivity contribution >= 4 is 10.0 Å². The lowest BCUT2D eigenvalue weighted by Crippen LogP contribution is -2.29. The summed E-state index contributed by atoms with van der Waals surface area (Å²) < 4.78 is 33.3. The molecule has 1 aliphatic rings. The highest BCUT2D eigenvalue weighted by molar-refractivity contribution is 7.89. The first-order chi connectivity index (χ1) is 11.4. The van der Waals surface area contributed by atoms with Crippen LogP contribution in [0.5, 0.6) is 0 Å². The van der Waals surface area contributed by atoms with Crippen molar-refractivity contribution in [1.29, 1.82) is 0 Å². The fourth-order valence-corrected chi connectivity index (χ4v) is 5.10. The molecule has 1 aliphatic carbocycles. The maximum atomic E-state index is 12.8. The molecule has 0 aliphatic heterocycles. The van der Waals surface area contributed by atoms with Crippen LogP contribution in [0.1, 0.15) is 60.4 Å². The maximum Gasteiger partial charge on any atom is 0.246 e. The van der Waals surface area contributed by atoms with Gasteiger partial charge in [0.25, 0.3) is 0 Å². The van der Waals surface area contributed by atoms with Crippen LogP contribution < -0.4 is 4.72 Å². The number of aryl methyl sites for hydroxylation is 4. The zero-order valence-corrected chi connectivity index (χ0v) is 15.2. The van der Waals surface area contributed by atoms with Crippen molar-refractivity contribution in [3.8, 4) is 0 Å². The highest BCUT2D eigenvalue weighted by Crippen LogP contribution is 2.28.